The number of nitrogens with two attached hydrogens (primary N) is 3. The van der Waals surface area contributed by atoms with Crippen LogP contribution in [-0.2, 0) is 0 Å². The molecule has 11 nitrogen and oxygen atoms in total. The van der Waals surface area contributed by atoms with Crippen LogP contribution in [0.25, 0.3) is 11.5 Å². The lowest BCUT2D eigenvalue weighted by atomic mass is 10.3. The molecule has 0 fully saturated rings. The van der Waals surface area contributed by atoms with Gasteiger partial charge in [-0.25, -0.2) is 14.8 Å². The summed E-state index contributed by atoms with van der Waals surface area (Å²) in [5.41, 5.74) is 16.9. The Kier molecular flexibility index (Phi) is 5.08. The van der Waals surface area contributed by atoms with Gasteiger partial charge in [-0.3, -0.25) is 9.51 Å². The number of hydrogen-bond donors (Lipinski definition) is 5. The van der Waals surface area contributed by atoms with Crippen molar-refractivity contribution in [2.75, 3.05) is 11.5 Å². The zero-order chi connectivity index (χ0) is 17.5. The SMILES string of the molecule is N/C(=N\O)c1cccc(N)n1.Nc1cccc(-c2noc(=O)[nH]2)n1. The molecule has 0 amide bonds. The Hall–Kier alpha value is -3.89. The summed E-state index contributed by atoms with van der Waals surface area (Å²) in [5, 5.41) is 14.5. The fourth-order valence-corrected chi connectivity index (χ4v) is 1.57. The lowest BCUT2D eigenvalue weighted by molar-refractivity contribution is 0.318. The number of oxime groups is 1. The molecule has 0 aliphatic heterocycles. The van der Waals surface area contributed by atoms with Crippen LogP contribution in [-0.4, -0.2) is 31.2 Å². The highest BCUT2D eigenvalue weighted by Gasteiger charge is 2.04. The number of nitrogens with one attached hydrogen (secondary N) is 1. The second-order valence-electron chi connectivity index (χ2n) is 4.32. The Labute approximate surface area is 134 Å². The first-order valence-electron chi connectivity index (χ1n) is 6.49. The largest absolute Gasteiger partial charge is 0.439 e. The normalized spacial score (nSPS) is 10.8. The van der Waals surface area contributed by atoms with Crippen LogP contribution in [0.1, 0.15) is 5.69 Å². The Morgan fingerprint density at radius 2 is 1.79 bits per heavy atom. The molecule has 3 aromatic heterocycles. The number of pyridine rings is 2. The number of hydrogen-bond acceptors (Lipinski definition) is 9. The summed E-state index contributed by atoms with van der Waals surface area (Å²) in [4.78, 5) is 20.7. The topological polar surface area (TPSA) is 195 Å². The van der Waals surface area contributed by atoms with Crippen LogP contribution < -0.4 is 23.0 Å². The van der Waals surface area contributed by atoms with Gasteiger partial charge in [-0.15, -0.1) is 0 Å². The van der Waals surface area contributed by atoms with Crippen LogP contribution in [0, 0.1) is 0 Å². The van der Waals surface area contributed by atoms with Gasteiger partial charge in [-0.1, -0.05) is 22.4 Å². The molecule has 0 aromatic carbocycles. The van der Waals surface area contributed by atoms with Crippen molar-refractivity contribution in [2.45, 2.75) is 0 Å². The molecule has 3 rings (SSSR count). The van der Waals surface area contributed by atoms with Crippen LogP contribution >= 0.6 is 0 Å². The van der Waals surface area contributed by atoms with Crippen molar-refractivity contribution < 1.29 is 9.73 Å². The molecular weight excluding hydrogens is 316 g/mol. The summed E-state index contributed by atoms with van der Waals surface area (Å²) in [6.45, 7) is 0. The van der Waals surface area contributed by atoms with Crippen molar-refractivity contribution in [3.8, 4) is 11.5 Å². The standard InChI is InChI=1S/C7H6N4O2.C6H8N4O/c8-5-3-1-2-4(9-5)6-10-7(12)13-11-6;7-5-3-1-2-4(9-5)6(8)10-11/h1-3H,(H2,8,9)(H,10,11,12);1-3,11H,(H2,7,9)(H2,8,10). The number of aromatic amines is 1. The smallest absolute Gasteiger partial charge is 0.409 e. The Morgan fingerprint density at radius 3 is 2.33 bits per heavy atom. The third kappa shape index (κ3) is 4.30. The quantitative estimate of drug-likeness (QED) is 0.182. The number of H-pyrrole nitrogens is 1. The van der Waals surface area contributed by atoms with Crippen LogP contribution in [0.5, 0.6) is 0 Å². The van der Waals surface area contributed by atoms with E-state index < -0.39 is 5.76 Å². The van der Waals surface area contributed by atoms with Crippen molar-refractivity contribution in [2.24, 2.45) is 10.9 Å². The molecule has 8 N–H and O–H groups in total. The number of aromatic nitrogens is 4. The van der Waals surface area contributed by atoms with E-state index in [1.54, 1.807) is 36.4 Å². The molecule has 0 radical (unpaired) electrons. The third-order valence-electron chi connectivity index (χ3n) is 2.59. The average molecular weight is 330 g/mol. The Balaban J connectivity index is 0.000000177. The number of nitrogen functional groups attached to an aromatic ring is 2. The molecule has 0 atom stereocenters. The van der Waals surface area contributed by atoms with Gasteiger partial charge in [0.15, 0.2) is 5.84 Å². The first-order valence-corrected chi connectivity index (χ1v) is 6.49. The summed E-state index contributed by atoms with van der Waals surface area (Å²) < 4.78 is 4.32. The minimum absolute atomic E-state index is 0.0442. The van der Waals surface area contributed by atoms with Gasteiger partial charge < -0.3 is 22.4 Å². The van der Waals surface area contributed by atoms with Crippen molar-refractivity contribution in [3.63, 3.8) is 0 Å². The Bertz CT molecular complexity index is 902. The minimum Gasteiger partial charge on any atom is -0.409 e. The molecule has 0 aliphatic carbocycles. The molecular formula is C13H14N8O3. The van der Waals surface area contributed by atoms with Gasteiger partial charge >= 0.3 is 5.76 Å². The number of amidine groups is 1. The monoisotopic (exact) mass is 330 g/mol. The van der Waals surface area contributed by atoms with Crippen LogP contribution in [0.3, 0.4) is 0 Å². The zero-order valence-corrected chi connectivity index (χ0v) is 12.2. The number of anilines is 2. The highest BCUT2D eigenvalue weighted by molar-refractivity contribution is 5.95. The Morgan fingerprint density at radius 1 is 1.12 bits per heavy atom. The maximum atomic E-state index is 10.6. The van der Waals surface area contributed by atoms with E-state index >= 15 is 0 Å². The molecule has 124 valence electrons. The molecule has 0 bridgehead atoms. The summed E-state index contributed by atoms with van der Waals surface area (Å²) in [5.74, 6) is 0.323. The number of rotatable bonds is 2. The summed E-state index contributed by atoms with van der Waals surface area (Å²) in [6.07, 6.45) is 0. The third-order valence-corrected chi connectivity index (χ3v) is 2.59. The minimum atomic E-state index is -0.612. The molecule has 3 heterocycles. The van der Waals surface area contributed by atoms with E-state index in [1.807, 2.05) is 0 Å². The number of nitrogens with zero attached hydrogens (tertiary/aromatic N) is 4. The summed E-state index contributed by atoms with van der Waals surface area (Å²) >= 11 is 0. The fourth-order valence-electron chi connectivity index (χ4n) is 1.57. The van der Waals surface area contributed by atoms with E-state index in [4.69, 9.17) is 22.4 Å². The molecule has 11 heteroatoms. The van der Waals surface area contributed by atoms with E-state index in [0.29, 0.717) is 23.0 Å². The lowest BCUT2D eigenvalue weighted by Crippen LogP contribution is -2.15. The molecule has 24 heavy (non-hydrogen) atoms. The first-order chi connectivity index (χ1) is 11.5. The van der Waals surface area contributed by atoms with Gasteiger partial charge in [-0.2, -0.15) is 0 Å². The van der Waals surface area contributed by atoms with Gasteiger partial charge in [0.05, 0.1) is 0 Å². The van der Waals surface area contributed by atoms with E-state index in [-0.39, 0.29) is 11.7 Å². The van der Waals surface area contributed by atoms with Gasteiger partial charge in [0, 0.05) is 0 Å². The predicted molar refractivity (Wildman–Crippen MR) is 85.9 cm³/mol. The maximum Gasteiger partial charge on any atom is 0.439 e. The predicted octanol–water partition coefficient (Wildman–Crippen LogP) is -0.235. The molecule has 0 aliphatic rings. The van der Waals surface area contributed by atoms with Gasteiger partial charge in [-0.05, 0) is 24.3 Å². The van der Waals surface area contributed by atoms with Gasteiger partial charge in [0.1, 0.15) is 23.0 Å². The van der Waals surface area contributed by atoms with E-state index in [1.165, 1.54) is 0 Å². The second kappa shape index (κ2) is 7.40. The molecule has 0 spiro atoms. The fraction of sp³-hybridized carbons (Fsp3) is 0. The lowest BCUT2D eigenvalue weighted by Gasteiger charge is -1.96. The highest BCUT2D eigenvalue weighted by Crippen LogP contribution is 2.10. The van der Waals surface area contributed by atoms with E-state index in [2.05, 4.69) is 29.8 Å². The van der Waals surface area contributed by atoms with Gasteiger partial charge in [0.25, 0.3) is 0 Å². The van der Waals surface area contributed by atoms with Crippen molar-refractivity contribution in [1.29, 1.82) is 0 Å². The zero-order valence-electron chi connectivity index (χ0n) is 12.2. The van der Waals surface area contributed by atoms with Crippen molar-refractivity contribution >= 4 is 17.5 Å². The van der Waals surface area contributed by atoms with Crippen molar-refractivity contribution in [3.05, 3.63) is 52.6 Å². The molecule has 0 unspecified atom stereocenters. The maximum absolute atomic E-state index is 10.6. The van der Waals surface area contributed by atoms with Gasteiger partial charge in [0.2, 0.25) is 5.82 Å². The van der Waals surface area contributed by atoms with Crippen LogP contribution in [0.4, 0.5) is 11.6 Å². The second-order valence-corrected chi connectivity index (χ2v) is 4.32. The highest BCUT2D eigenvalue weighted by atomic mass is 16.5. The molecule has 0 saturated heterocycles. The summed E-state index contributed by atoms with van der Waals surface area (Å²) in [7, 11) is 0. The summed E-state index contributed by atoms with van der Waals surface area (Å²) in [6, 6.07) is 9.92. The van der Waals surface area contributed by atoms with E-state index in [0.717, 1.165) is 0 Å². The van der Waals surface area contributed by atoms with E-state index in [9.17, 15) is 4.79 Å². The molecule has 3 aromatic rings. The average Bonchev–Trinajstić information content (AvgIpc) is 3.01. The van der Waals surface area contributed by atoms with Crippen molar-refractivity contribution in [1.82, 2.24) is 20.1 Å². The molecule has 0 saturated carbocycles. The first kappa shape index (κ1) is 16.5. The van der Waals surface area contributed by atoms with Crippen LogP contribution in [0.15, 0.2) is 50.9 Å². The van der Waals surface area contributed by atoms with Crippen LogP contribution in [0.2, 0.25) is 0 Å².